The van der Waals surface area contributed by atoms with Crippen LogP contribution in [-0.2, 0) is 6.54 Å². The molecule has 0 bridgehead atoms. The van der Waals surface area contributed by atoms with E-state index in [1.54, 1.807) is 6.04 Å². The fraction of sp³-hybridized carbons (Fsp3) is 0.462. The predicted molar refractivity (Wildman–Crippen MR) is 59.6 cm³/mol. The van der Waals surface area contributed by atoms with Crippen LogP contribution in [0, 0.1) is 6.04 Å². The molecule has 0 unspecified atom stereocenters. The summed E-state index contributed by atoms with van der Waals surface area (Å²) in [6.07, 6.45) is 5.38. The first-order chi connectivity index (χ1) is 6.86. The summed E-state index contributed by atoms with van der Waals surface area (Å²) in [6.45, 7) is 1.07. The number of rotatable bonds is 3. The predicted octanol–water partition coefficient (Wildman–Crippen LogP) is 3.22. The first kappa shape index (κ1) is 9.72. The summed E-state index contributed by atoms with van der Waals surface area (Å²) >= 11 is 0. The van der Waals surface area contributed by atoms with Gasteiger partial charge >= 0.3 is 0 Å². The topological polar surface area (TPSA) is 3.24 Å². The summed E-state index contributed by atoms with van der Waals surface area (Å²) in [5.41, 5.74) is 1.41. The number of hydrogen-bond acceptors (Lipinski definition) is 1. The van der Waals surface area contributed by atoms with Gasteiger partial charge < -0.3 is 0 Å². The Hall–Kier alpha value is -0.820. The highest BCUT2D eigenvalue weighted by Crippen LogP contribution is 2.29. The molecule has 1 aromatic rings. The molecule has 0 aliphatic heterocycles. The molecule has 1 aliphatic rings. The van der Waals surface area contributed by atoms with E-state index in [0.717, 1.165) is 6.54 Å². The first-order valence-corrected chi connectivity index (χ1v) is 5.46. The van der Waals surface area contributed by atoms with Gasteiger partial charge in [0.05, 0.1) is 0 Å². The minimum Gasteiger partial charge on any atom is -0.295 e. The third kappa shape index (κ3) is 2.36. The zero-order chi connectivity index (χ0) is 9.80. The van der Waals surface area contributed by atoms with Crippen molar-refractivity contribution in [2.75, 3.05) is 7.05 Å². The molecule has 0 heterocycles. The SMILES string of the molecule is CN(Cc1ccccc1)[C]1CCCC1. The zero-order valence-corrected chi connectivity index (χ0v) is 8.87. The molecule has 1 aromatic carbocycles. The highest BCUT2D eigenvalue weighted by atomic mass is 15.1. The molecule has 1 heteroatoms. The average molecular weight is 188 g/mol. The van der Waals surface area contributed by atoms with Crippen LogP contribution in [0.4, 0.5) is 0 Å². The summed E-state index contributed by atoms with van der Waals surface area (Å²) < 4.78 is 0. The van der Waals surface area contributed by atoms with Crippen molar-refractivity contribution in [3.63, 3.8) is 0 Å². The van der Waals surface area contributed by atoms with Crippen LogP contribution < -0.4 is 0 Å². The summed E-state index contributed by atoms with van der Waals surface area (Å²) in [4.78, 5) is 2.42. The van der Waals surface area contributed by atoms with E-state index in [1.165, 1.54) is 31.2 Å². The maximum absolute atomic E-state index is 2.42. The molecular weight excluding hydrogens is 170 g/mol. The zero-order valence-electron chi connectivity index (χ0n) is 8.87. The summed E-state index contributed by atoms with van der Waals surface area (Å²) in [6, 6.07) is 12.3. The van der Waals surface area contributed by atoms with E-state index in [-0.39, 0.29) is 0 Å². The molecule has 0 spiro atoms. The molecular formula is C13H18N. The van der Waals surface area contributed by atoms with E-state index in [4.69, 9.17) is 0 Å². The molecule has 1 radical (unpaired) electrons. The standard InChI is InChI=1S/C13H18N/c1-14(13-9-5-6-10-13)11-12-7-3-2-4-8-12/h2-4,7-8H,5-6,9-11H2,1H3. The lowest BCUT2D eigenvalue weighted by Gasteiger charge is -2.22. The highest BCUT2D eigenvalue weighted by Gasteiger charge is 2.19. The van der Waals surface area contributed by atoms with Crippen molar-refractivity contribution in [2.24, 2.45) is 0 Å². The maximum atomic E-state index is 2.42. The van der Waals surface area contributed by atoms with Crippen LogP contribution in [0.15, 0.2) is 30.3 Å². The molecule has 1 aliphatic carbocycles. The summed E-state index contributed by atoms with van der Waals surface area (Å²) in [5, 5.41) is 0. The molecule has 0 aromatic heterocycles. The Morgan fingerprint density at radius 1 is 1.07 bits per heavy atom. The molecule has 0 atom stereocenters. The molecule has 1 saturated carbocycles. The molecule has 0 N–H and O–H groups in total. The van der Waals surface area contributed by atoms with E-state index in [9.17, 15) is 0 Å². The van der Waals surface area contributed by atoms with E-state index >= 15 is 0 Å². The van der Waals surface area contributed by atoms with Gasteiger partial charge in [0.2, 0.25) is 0 Å². The van der Waals surface area contributed by atoms with E-state index < -0.39 is 0 Å². The minimum atomic E-state index is 1.07. The third-order valence-corrected chi connectivity index (χ3v) is 2.98. The van der Waals surface area contributed by atoms with E-state index in [0.29, 0.717) is 0 Å². The lowest BCUT2D eigenvalue weighted by atomic mass is 10.1. The lowest BCUT2D eigenvalue weighted by Crippen LogP contribution is -2.21. The summed E-state index contributed by atoms with van der Waals surface area (Å²) in [7, 11) is 2.22. The maximum Gasteiger partial charge on any atom is 0.0393 e. The van der Waals surface area contributed by atoms with Gasteiger partial charge in [-0.3, -0.25) is 4.90 Å². The first-order valence-electron chi connectivity index (χ1n) is 5.46. The third-order valence-electron chi connectivity index (χ3n) is 2.98. The van der Waals surface area contributed by atoms with Gasteiger partial charge in [-0.05, 0) is 25.5 Å². The number of benzene rings is 1. The molecule has 2 rings (SSSR count). The Kier molecular flexibility index (Phi) is 3.20. The van der Waals surface area contributed by atoms with Gasteiger partial charge in [0.1, 0.15) is 0 Å². The lowest BCUT2D eigenvalue weighted by molar-refractivity contribution is 0.327. The Labute approximate surface area is 86.7 Å². The highest BCUT2D eigenvalue weighted by molar-refractivity contribution is 5.15. The van der Waals surface area contributed by atoms with Crippen molar-refractivity contribution in [1.29, 1.82) is 0 Å². The van der Waals surface area contributed by atoms with Crippen molar-refractivity contribution < 1.29 is 0 Å². The van der Waals surface area contributed by atoms with E-state index in [2.05, 4.69) is 42.3 Å². The van der Waals surface area contributed by atoms with Crippen LogP contribution in [0.25, 0.3) is 0 Å². The second-order valence-electron chi connectivity index (χ2n) is 4.11. The van der Waals surface area contributed by atoms with Crippen LogP contribution >= 0.6 is 0 Å². The Morgan fingerprint density at radius 3 is 2.36 bits per heavy atom. The van der Waals surface area contributed by atoms with Crippen molar-refractivity contribution in [1.82, 2.24) is 4.90 Å². The van der Waals surface area contributed by atoms with Crippen molar-refractivity contribution in [2.45, 2.75) is 32.2 Å². The Bertz CT molecular complexity index is 262. The fourth-order valence-corrected chi connectivity index (χ4v) is 2.13. The molecule has 0 saturated heterocycles. The minimum absolute atomic E-state index is 1.07. The van der Waals surface area contributed by atoms with Gasteiger partial charge in [-0.25, -0.2) is 0 Å². The molecule has 14 heavy (non-hydrogen) atoms. The van der Waals surface area contributed by atoms with Gasteiger partial charge in [-0.1, -0.05) is 43.2 Å². The van der Waals surface area contributed by atoms with Gasteiger partial charge in [0, 0.05) is 12.6 Å². The summed E-state index contributed by atoms with van der Waals surface area (Å²) in [5.74, 6) is 0. The second kappa shape index (κ2) is 4.61. The normalized spacial score (nSPS) is 17.9. The Balaban J connectivity index is 1.90. The van der Waals surface area contributed by atoms with Gasteiger partial charge in [-0.15, -0.1) is 0 Å². The van der Waals surface area contributed by atoms with Crippen LogP contribution in [0.1, 0.15) is 31.2 Å². The smallest absolute Gasteiger partial charge is 0.0393 e. The molecule has 0 amide bonds. The van der Waals surface area contributed by atoms with Crippen LogP contribution in [-0.4, -0.2) is 11.9 Å². The van der Waals surface area contributed by atoms with Crippen molar-refractivity contribution >= 4 is 0 Å². The fourth-order valence-electron chi connectivity index (χ4n) is 2.13. The van der Waals surface area contributed by atoms with Crippen molar-refractivity contribution in [3.8, 4) is 0 Å². The molecule has 75 valence electrons. The second-order valence-corrected chi connectivity index (χ2v) is 4.11. The van der Waals surface area contributed by atoms with Gasteiger partial charge in [-0.2, -0.15) is 0 Å². The van der Waals surface area contributed by atoms with Crippen LogP contribution in [0.3, 0.4) is 0 Å². The monoisotopic (exact) mass is 188 g/mol. The van der Waals surface area contributed by atoms with Gasteiger partial charge in [0.25, 0.3) is 0 Å². The quantitative estimate of drug-likeness (QED) is 0.704. The largest absolute Gasteiger partial charge is 0.295 e. The van der Waals surface area contributed by atoms with Crippen molar-refractivity contribution in [3.05, 3.63) is 41.9 Å². The molecule has 1 nitrogen and oxygen atoms in total. The molecule has 1 fully saturated rings. The number of hydrogen-bond donors (Lipinski definition) is 0. The average Bonchev–Trinajstić information content (AvgIpc) is 2.72. The Morgan fingerprint density at radius 2 is 1.71 bits per heavy atom. The van der Waals surface area contributed by atoms with Crippen LogP contribution in [0.5, 0.6) is 0 Å². The number of nitrogens with zero attached hydrogens (tertiary/aromatic N) is 1. The van der Waals surface area contributed by atoms with Crippen LogP contribution in [0.2, 0.25) is 0 Å². The van der Waals surface area contributed by atoms with E-state index in [1.807, 2.05) is 0 Å². The van der Waals surface area contributed by atoms with Gasteiger partial charge in [0.15, 0.2) is 0 Å².